The second kappa shape index (κ2) is 3.15. The van der Waals surface area contributed by atoms with Crippen LogP contribution in [0.25, 0.3) is 0 Å². The number of hydrogen-bond donors (Lipinski definition) is 1. The highest BCUT2D eigenvalue weighted by Gasteiger charge is 2.45. The third-order valence-corrected chi connectivity index (χ3v) is 2.17. The maximum atomic E-state index is 12.6. The van der Waals surface area contributed by atoms with Gasteiger partial charge in [0, 0.05) is 6.20 Å². The minimum absolute atomic E-state index is 0.187. The predicted octanol–water partition coefficient (Wildman–Crippen LogP) is 1.24. The summed E-state index contributed by atoms with van der Waals surface area (Å²) in [5, 5.41) is 8.79. The molecule has 0 atom stereocenters. The van der Waals surface area contributed by atoms with Crippen LogP contribution in [0, 0.1) is 0 Å². The summed E-state index contributed by atoms with van der Waals surface area (Å²) in [4.78, 5) is 15.7. The number of carbonyl (C=O) groups is 1. The standard InChI is InChI=1S/C9H8F2N2O2/c10-9(11)4-13(5-9)6-2-1-3-12-7(6)8(14)15/h1-3H,4-5H2,(H,14,15). The van der Waals surface area contributed by atoms with Crippen LogP contribution in [0.1, 0.15) is 10.5 Å². The maximum Gasteiger partial charge on any atom is 0.356 e. The van der Waals surface area contributed by atoms with Crippen molar-refractivity contribution >= 4 is 11.7 Å². The predicted molar refractivity (Wildman–Crippen MR) is 48.4 cm³/mol. The Morgan fingerprint density at radius 3 is 2.73 bits per heavy atom. The highest BCUT2D eigenvalue weighted by molar-refractivity contribution is 5.92. The average molecular weight is 214 g/mol. The Bertz CT molecular complexity index is 401. The van der Waals surface area contributed by atoms with Gasteiger partial charge in [-0.15, -0.1) is 0 Å². The lowest BCUT2D eigenvalue weighted by molar-refractivity contribution is -0.0264. The van der Waals surface area contributed by atoms with Crippen LogP contribution in [-0.2, 0) is 0 Å². The van der Waals surface area contributed by atoms with Gasteiger partial charge in [0.2, 0.25) is 0 Å². The van der Waals surface area contributed by atoms with E-state index >= 15 is 0 Å². The number of aromatic nitrogens is 1. The summed E-state index contributed by atoms with van der Waals surface area (Å²) in [5.41, 5.74) is 0.0592. The van der Waals surface area contributed by atoms with E-state index in [9.17, 15) is 13.6 Å². The number of alkyl halides is 2. The van der Waals surface area contributed by atoms with Gasteiger partial charge in [-0.05, 0) is 12.1 Å². The Morgan fingerprint density at radius 1 is 1.53 bits per heavy atom. The van der Waals surface area contributed by atoms with Crippen molar-refractivity contribution in [1.82, 2.24) is 4.98 Å². The van der Waals surface area contributed by atoms with Crippen LogP contribution in [0.5, 0.6) is 0 Å². The average Bonchev–Trinajstić information content (AvgIpc) is 2.14. The molecule has 80 valence electrons. The molecule has 0 saturated carbocycles. The smallest absolute Gasteiger partial charge is 0.356 e. The molecule has 1 N–H and O–H groups in total. The minimum Gasteiger partial charge on any atom is -0.476 e. The second-order valence-corrected chi connectivity index (χ2v) is 3.39. The molecule has 2 rings (SSSR count). The van der Waals surface area contributed by atoms with Gasteiger partial charge < -0.3 is 10.0 Å². The molecule has 6 heteroatoms. The fraction of sp³-hybridized carbons (Fsp3) is 0.333. The lowest BCUT2D eigenvalue weighted by atomic mass is 10.1. The quantitative estimate of drug-likeness (QED) is 0.804. The number of hydrogen-bond acceptors (Lipinski definition) is 3. The van der Waals surface area contributed by atoms with Gasteiger partial charge in [0.25, 0.3) is 5.92 Å². The lowest BCUT2D eigenvalue weighted by Crippen LogP contribution is -2.56. The van der Waals surface area contributed by atoms with Crippen molar-refractivity contribution in [2.75, 3.05) is 18.0 Å². The van der Waals surface area contributed by atoms with E-state index < -0.39 is 25.0 Å². The van der Waals surface area contributed by atoms with Crippen LogP contribution in [0.3, 0.4) is 0 Å². The topological polar surface area (TPSA) is 53.4 Å². The second-order valence-electron chi connectivity index (χ2n) is 3.39. The molecule has 0 aliphatic carbocycles. The van der Waals surface area contributed by atoms with Gasteiger partial charge in [0.05, 0.1) is 18.8 Å². The zero-order valence-electron chi connectivity index (χ0n) is 7.65. The summed E-state index contributed by atoms with van der Waals surface area (Å²) >= 11 is 0. The normalized spacial score (nSPS) is 18.4. The summed E-state index contributed by atoms with van der Waals surface area (Å²) < 4.78 is 25.2. The van der Waals surface area contributed by atoms with Crippen LogP contribution in [-0.4, -0.2) is 35.1 Å². The zero-order chi connectivity index (χ0) is 11.1. The molecule has 1 saturated heterocycles. The molecule has 4 nitrogen and oxygen atoms in total. The Kier molecular flexibility index (Phi) is 2.06. The molecule has 0 spiro atoms. The summed E-state index contributed by atoms with van der Waals surface area (Å²) in [7, 11) is 0. The Morgan fingerprint density at radius 2 is 2.20 bits per heavy atom. The molecule has 1 aromatic heterocycles. The van der Waals surface area contributed by atoms with Crippen molar-refractivity contribution < 1.29 is 18.7 Å². The van der Waals surface area contributed by atoms with E-state index in [1.807, 2.05) is 0 Å². The molecule has 2 heterocycles. The first-order valence-corrected chi connectivity index (χ1v) is 4.31. The first-order valence-electron chi connectivity index (χ1n) is 4.31. The van der Waals surface area contributed by atoms with E-state index in [4.69, 9.17) is 5.11 Å². The third kappa shape index (κ3) is 1.74. The Labute approximate surface area is 84.2 Å². The number of rotatable bonds is 2. The molecule has 0 amide bonds. The van der Waals surface area contributed by atoms with Crippen LogP contribution in [0.15, 0.2) is 18.3 Å². The number of pyridine rings is 1. The lowest BCUT2D eigenvalue weighted by Gasteiger charge is -2.40. The van der Waals surface area contributed by atoms with Gasteiger partial charge in [-0.1, -0.05) is 0 Å². The first kappa shape index (κ1) is 9.82. The number of carboxylic acids is 1. The van der Waals surface area contributed by atoms with Crippen molar-refractivity contribution in [3.8, 4) is 0 Å². The number of anilines is 1. The third-order valence-electron chi connectivity index (χ3n) is 2.17. The SMILES string of the molecule is O=C(O)c1ncccc1N1CC(F)(F)C1. The number of halogens is 2. The molecule has 1 fully saturated rings. The van der Waals surface area contributed by atoms with Gasteiger partial charge >= 0.3 is 5.97 Å². The maximum absolute atomic E-state index is 12.6. The molecular formula is C9H8F2N2O2. The van der Waals surface area contributed by atoms with Crippen LogP contribution in [0.2, 0.25) is 0 Å². The molecule has 0 radical (unpaired) electrons. The molecule has 0 unspecified atom stereocenters. The van der Waals surface area contributed by atoms with Crippen LogP contribution >= 0.6 is 0 Å². The summed E-state index contributed by atoms with van der Waals surface area (Å²) in [6.07, 6.45) is 1.32. The van der Waals surface area contributed by atoms with Crippen LogP contribution in [0.4, 0.5) is 14.5 Å². The summed E-state index contributed by atoms with van der Waals surface area (Å²) in [6, 6.07) is 3.00. The van der Waals surface area contributed by atoms with Gasteiger partial charge in [-0.2, -0.15) is 0 Å². The van der Waals surface area contributed by atoms with E-state index in [1.54, 1.807) is 0 Å². The van der Waals surface area contributed by atoms with Crippen molar-refractivity contribution in [1.29, 1.82) is 0 Å². The summed E-state index contributed by atoms with van der Waals surface area (Å²) in [5.74, 6) is -3.92. The van der Waals surface area contributed by atoms with Gasteiger partial charge in [0.15, 0.2) is 5.69 Å². The highest BCUT2D eigenvalue weighted by Crippen LogP contribution is 2.32. The van der Waals surface area contributed by atoms with Crippen molar-refractivity contribution in [3.63, 3.8) is 0 Å². The van der Waals surface area contributed by atoms with Crippen molar-refractivity contribution in [2.45, 2.75) is 5.92 Å². The van der Waals surface area contributed by atoms with Gasteiger partial charge in [-0.25, -0.2) is 18.6 Å². The molecule has 1 aliphatic heterocycles. The molecule has 15 heavy (non-hydrogen) atoms. The van der Waals surface area contributed by atoms with Gasteiger partial charge in [-0.3, -0.25) is 0 Å². The fourth-order valence-corrected chi connectivity index (χ4v) is 1.50. The van der Waals surface area contributed by atoms with E-state index in [-0.39, 0.29) is 11.4 Å². The monoisotopic (exact) mass is 214 g/mol. The number of aromatic carboxylic acids is 1. The molecular weight excluding hydrogens is 206 g/mol. The van der Waals surface area contributed by atoms with E-state index in [0.29, 0.717) is 0 Å². The molecule has 0 bridgehead atoms. The van der Waals surface area contributed by atoms with E-state index in [0.717, 1.165) is 0 Å². The zero-order valence-corrected chi connectivity index (χ0v) is 7.65. The van der Waals surface area contributed by atoms with E-state index in [2.05, 4.69) is 4.98 Å². The Balaban J connectivity index is 2.26. The van der Waals surface area contributed by atoms with E-state index in [1.165, 1.54) is 23.2 Å². The highest BCUT2D eigenvalue weighted by atomic mass is 19.3. The number of carboxylic acid groups (broad SMARTS) is 1. The van der Waals surface area contributed by atoms with Crippen molar-refractivity contribution in [2.24, 2.45) is 0 Å². The first-order chi connectivity index (χ1) is 6.99. The largest absolute Gasteiger partial charge is 0.476 e. The molecule has 1 aromatic rings. The van der Waals surface area contributed by atoms with Gasteiger partial charge in [0.1, 0.15) is 0 Å². The minimum atomic E-state index is -2.72. The van der Waals surface area contributed by atoms with Crippen molar-refractivity contribution in [3.05, 3.63) is 24.0 Å². The Hall–Kier alpha value is -1.72. The fourth-order valence-electron chi connectivity index (χ4n) is 1.50. The molecule has 1 aliphatic rings. The van der Waals surface area contributed by atoms with Crippen LogP contribution < -0.4 is 4.90 Å². The number of nitrogens with zero attached hydrogens (tertiary/aromatic N) is 2. The summed E-state index contributed by atoms with van der Waals surface area (Å²) in [6.45, 7) is -0.891. The molecule has 0 aromatic carbocycles.